The highest BCUT2D eigenvalue weighted by Gasteiger charge is 2.07. The molecule has 0 saturated heterocycles. The molecule has 1 heterocycles. The number of furan rings is 1. The second-order valence-electron chi connectivity index (χ2n) is 3.83. The van der Waals surface area contributed by atoms with Gasteiger partial charge in [0, 0.05) is 5.69 Å². The number of hydrogen-bond acceptors (Lipinski definition) is 3. The number of carboxylic acid groups (broad SMARTS) is 1. The third-order valence-electron chi connectivity index (χ3n) is 2.42. The van der Waals surface area contributed by atoms with Gasteiger partial charge in [-0.15, -0.1) is 0 Å². The predicted molar refractivity (Wildman–Crippen MR) is 64.2 cm³/mol. The van der Waals surface area contributed by atoms with Gasteiger partial charge in [0.05, 0.1) is 12.1 Å². The first kappa shape index (κ1) is 11.3. The summed E-state index contributed by atoms with van der Waals surface area (Å²) in [7, 11) is 0. The summed E-state index contributed by atoms with van der Waals surface area (Å²) in [6.07, 6.45) is 1.24. The van der Waals surface area contributed by atoms with E-state index in [2.05, 4.69) is 5.32 Å². The Morgan fingerprint density at radius 3 is 2.65 bits per heavy atom. The van der Waals surface area contributed by atoms with Crippen molar-refractivity contribution in [2.45, 2.75) is 13.5 Å². The van der Waals surface area contributed by atoms with Crippen LogP contribution < -0.4 is 5.32 Å². The molecule has 0 aliphatic carbocycles. The van der Waals surface area contributed by atoms with Gasteiger partial charge >= 0.3 is 5.97 Å². The summed E-state index contributed by atoms with van der Waals surface area (Å²) in [6.45, 7) is 2.49. The molecule has 17 heavy (non-hydrogen) atoms. The highest BCUT2D eigenvalue weighted by atomic mass is 16.4. The van der Waals surface area contributed by atoms with Gasteiger partial charge in [0.15, 0.2) is 0 Å². The van der Waals surface area contributed by atoms with Crippen molar-refractivity contribution in [1.29, 1.82) is 0 Å². The number of aryl methyl sites for hydroxylation is 1. The summed E-state index contributed by atoms with van der Waals surface area (Å²) in [6, 6.07) is 9.47. The molecule has 0 saturated carbocycles. The van der Waals surface area contributed by atoms with E-state index in [4.69, 9.17) is 9.52 Å². The summed E-state index contributed by atoms with van der Waals surface area (Å²) in [5.74, 6) is -0.377. The van der Waals surface area contributed by atoms with E-state index in [0.29, 0.717) is 12.3 Å². The quantitative estimate of drug-likeness (QED) is 0.849. The van der Waals surface area contributed by atoms with E-state index in [1.807, 2.05) is 31.2 Å². The molecule has 88 valence electrons. The molecule has 1 aromatic carbocycles. The van der Waals surface area contributed by atoms with Gasteiger partial charge in [-0.05, 0) is 25.1 Å². The average Bonchev–Trinajstić information content (AvgIpc) is 2.77. The Kier molecular flexibility index (Phi) is 3.14. The first-order valence-corrected chi connectivity index (χ1v) is 5.26. The Labute approximate surface area is 98.9 Å². The van der Waals surface area contributed by atoms with Crippen LogP contribution in [0, 0.1) is 6.92 Å². The van der Waals surface area contributed by atoms with Gasteiger partial charge < -0.3 is 14.8 Å². The van der Waals surface area contributed by atoms with Crippen molar-refractivity contribution in [3.05, 3.63) is 53.5 Å². The van der Waals surface area contributed by atoms with Crippen molar-refractivity contribution in [1.82, 2.24) is 0 Å². The molecule has 1 aromatic heterocycles. The molecule has 0 aliphatic rings. The number of aromatic carboxylic acids is 1. The molecule has 4 nitrogen and oxygen atoms in total. The molecule has 2 aromatic rings. The van der Waals surface area contributed by atoms with Crippen LogP contribution in [0.5, 0.6) is 0 Å². The van der Waals surface area contributed by atoms with Gasteiger partial charge in [-0.1, -0.05) is 17.7 Å². The number of carboxylic acids is 1. The summed E-state index contributed by atoms with van der Waals surface area (Å²) < 4.78 is 5.13. The van der Waals surface area contributed by atoms with E-state index in [9.17, 15) is 4.79 Å². The van der Waals surface area contributed by atoms with Crippen LogP contribution in [-0.2, 0) is 6.54 Å². The minimum atomic E-state index is -0.977. The van der Waals surface area contributed by atoms with E-state index < -0.39 is 5.97 Å². The van der Waals surface area contributed by atoms with Crippen molar-refractivity contribution in [3.8, 4) is 0 Å². The van der Waals surface area contributed by atoms with Gasteiger partial charge in [0.2, 0.25) is 0 Å². The molecule has 4 heteroatoms. The molecule has 0 atom stereocenters. The lowest BCUT2D eigenvalue weighted by Gasteiger charge is -2.04. The summed E-state index contributed by atoms with van der Waals surface area (Å²) in [5.41, 5.74) is 2.34. The largest absolute Gasteiger partial charge is 0.478 e. The van der Waals surface area contributed by atoms with E-state index in [0.717, 1.165) is 5.69 Å². The minimum absolute atomic E-state index is 0.172. The van der Waals surface area contributed by atoms with E-state index in [1.54, 1.807) is 0 Å². The SMILES string of the molecule is Cc1ccc(NCc2cc(C(=O)O)co2)cc1. The third-order valence-corrected chi connectivity index (χ3v) is 2.42. The Balaban J connectivity index is 1.97. The lowest BCUT2D eigenvalue weighted by atomic mass is 10.2. The minimum Gasteiger partial charge on any atom is -0.478 e. The van der Waals surface area contributed by atoms with Crippen molar-refractivity contribution in [3.63, 3.8) is 0 Å². The van der Waals surface area contributed by atoms with E-state index in [1.165, 1.54) is 17.9 Å². The molecule has 0 unspecified atom stereocenters. The zero-order valence-electron chi connectivity index (χ0n) is 9.43. The Bertz CT molecular complexity index is 514. The Hall–Kier alpha value is -2.23. The molecule has 2 N–H and O–H groups in total. The van der Waals surface area contributed by atoms with Crippen LogP contribution in [0.3, 0.4) is 0 Å². The van der Waals surface area contributed by atoms with Crippen LogP contribution in [0.4, 0.5) is 5.69 Å². The summed E-state index contributed by atoms with van der Waals surface area (Å²) in [5, 5.41) is 11.9. The lowest BCUT2D eigenvalue weighted by Crippen LogP contribution is -1.98. The second kappa shape index (κ2) is 4.74. The number of carbonyl (C=O) groups is 1. The van der Waals surface area contributed by atoms with Gasteiger partial charge in [-0.3, -0.25) is 0 Å². The number of benzene rings is 1. The average molecular weight is 231 g/mol. The molecule has 0 aliphatic heterocycles. The predicted octanol–water partition coefficient (Wildman–Crippen LogP) is 2.90. The van der Waals surface area contributed by atoms with Crippen LogP contribution in [0.1, 0.15) is 21.7 Å². The van der Waals surface area contributed by atoms with Gasteiger partial charge in [-0.2, -0.15) is 0 Å². The van der Waals surface area contributed by atoms with E-state index >= 15 is 0 Å². The molecule has 0 amide bonds. The number of nitrogens with one attached hydrogen (secondary N) is 1. The number of rotatable bonds is 4. The molecular weight excluding hydrogens is 218 g/mol. The van der Waals surface area contributed by atoms with Gasteiger partial charge in [0.25, 0.3) is 0 Å². The number of anilines is 1. The van der Waals surface area contributed by atoms with Gasteiger partial charge in [0.1, 0.15) is 12.0 Å². The first-order chi connectivity index (χ1) is 8.15. The maximum atomic E-state index is 10.6. The number of hydrogen-bond donors (Lipinski definition) is 2. The standard InChI is InChI=1S/C13H13NO3/c1-9-2-4-11(5-3-9)14-7-12-6-10(8-17-12)13(15)16/h2-6,8,14H,7H2,1H3,(H,15,16). The Morgan fingerprint density at radius 1 is 1.35 bits per heavy atom. The van der Waals surface area contributed by atoms with Crippen molar-refractivity contribution >= 4 is 11.7 Å². The smallest absolute Gasteiger partial charge is 0.338 e. The molecular formula is C13H13NO3. The maximum absolute atomic E-state index is 10.6. The molecule has 0 fully saturated rings. The zero-order chi connectivity index (χ0) is 12.3. The highest BCUT2D eigenvalue weighted by molar-refractivity contribution is 5.87. The van der Waals surface area contributed by atoms with Crippen molar-refractivity contribution < 1.29 is 14.3 Å². The van der Waals surface area contributed by atoms with Crippen LogP contribution in [0.25, 0.3) is 0 Å². The summed E-state index contributed by atoms with van der Waals surface area (Å²) >= 11 is 0. The fourth-order valence-electron chi connectivity index (χ4n) is 1.45. The van der Waals surface area contributed by atoms with Crippen molar-refractivity contribution in [2.24, 2.45) is 0 Å². The van der Waals surface area contributed by atoms with Crippen LogP contribution >= 0.6 is 0 Å². The van der Waals surface area contributed by atoms with E-state index in [-0.39, 0.29) is 5.56 Å². The normalized spacial score (nSPS) is 10.2. The maximum Gasteiger partial charge on any atom is 0.338 e. The zero-order valence-corrected chi connectivity index (χ0v) is 9.43. The highest BCUT2D eigenvalue weighted by Crippen LogP contribution is 2.12. The lowest BCUT2D eigenvalue weighted by molar-refractivity contribution is 0.0696. The monoisotopic (exact) mass is 231 g/mol. The molecule has 0 spiro atoms. The molecule has 0 bridgehead atoms. The van der Waals surface area contributed by atoms with Crippen molar-refractivity contribution in [2.75, 3.05) is 5.32 Å². The fraction of sp³-hybridized carbons (Fsp3) is 0.154. The van der Waals surface area contributed by atoms with Gasteiger partial charge in [-0.25, -0.2) is 4.79 Å². The Morgan fingerprint density at radius 2 is 2.06 bits per heavy atom. The third kappa shape index (κ3) is 2.87. The summed E-state index contributed by atoms with van der Waals surface area (Å²) in [4.78, 5) is 10.6. The topological polar surface area (TPSA) is 62.5 Å². The fourth-order valence-corrected chi connectivity index (χ4v) is 1.45. The first-order valence-electron chi connectivity index (χ1n) is 5.26. The second-order valence-corrected chi connectivity index (χ2v) is 3.83. The molecule has 0 radical (unpaired) electrons. The van der Waals surface area contributed by atoms with Crippen LogP contribution in [0.15, 0.2) is 41.0 Å². The molecule has 2 rings (SSSR count). The van der Waals surface area contributed by atoms with Crippen LogP contribution in [-0.4, -0.2) is 11.1 Å². The van der Waals surface area contributed by atoms with Crippen LogP contribution in [0.2, 0.25) is 0 Å².